The number of amides is 1. The highest BCUT2D eigenvalue weighted by Gasteiger charge is 2.26. The monoisotopic (exact) mass is 341 g/mol. The molecule has 1 heterocycles. The fourth-order valence-electron chi connectivity index (χ4n) is 2.43. The second kappa shape index (κ2) is 7.21. The molecule has 7 heteroatoms. The summed E-state index contributed by atoms with van der Waals surface area (Å²) in [6.07, 6.45) is -0.313. The largest absolute Gasteiger partial charge is 0.486 e. The van der Waals surface area contributed by atoms with Crippen molar-refractivity contribution in [3.8, 4) is 11.5 Å². The Morgan fingerprint density at radius 3 is 2.61 bits per heavy atom. The Morgan fingerprint density at radius 1 is 1.30 bits per heavy atom. The van der Waals surface area contributed by atoms with Gasteiger partial charge in [0.15, 0.2) is 27.4 Å². The molecule has 1 aliphatic heterocycles. The number of ether oxygens (including phenoxy) is 2. The maximum absolute atomic E-state index is 12.1. The molecule has 0 fully saturated rings. The molecule has 1 unspecified atom stereocenters. The first kappa shape index (κ1) is 17.6. The molecule has 6 nitrogen and oxygen atoms in total. The van der Waals surface area contributed by atoms with Crippen LogP contribution in [0.4, 0.5) is 0 Å². The Hall–Kier alpha value is -1.76. The Balaban J connectivity index is 1.90. The van der Waals surface area contributed by atoms with E-state index in [4.69, 9.17) is 9.47 Å². The third-order valence-corrected chi connectivity index (χ3v) is 5.26. The van der Waals surface area contributed by atoms with Crippen molar-refractivity contribution in [1.82, 2.24) is 4.90 Å². The molecule has 0 aliphatic carbocycles. The van der Waals surface area contributed by atoms with Gasteiger partial charge in [-0.05, 0) is 18.1 Å². The molecular formula is C16H23NO5S. The summed E-state index contributed by atoms with van der Waals surface area (Å²) in [4.78, 5) is 13.5. The quantitative estimate of drug-likeness (QED) is 0.781. The van der Waals surface area contributed by atoms with Crippen LogP contribution in [0.25, 0.3) is 0 Å². The smallest absolute Gasteiger partial charge is 0.237 e. The standard InChI is InChI=1S/C16H23NO5S/c1-12(2)10-23(19,20)11-16(18)17(3)8-13-9-21-14-6-4-5-7-15(14)22-13/h4-7,12-13H,8-11H2,1-3H3. The molecule has 0 aromatic heterocycles. The van der Waals surface area contributed by atoms with Gasteiger partial charge in [0, 0.05) is 7.05 Å². The van der Waals surface area contributed by atoms with Gasteiger partial charge in [-0.15, -0.1) is 0 Å². The van der Waals surface area contributed by atoms with Crippen LogP contribution in [0, 0.1) is 5.92 Å². The maximum Gasteiger partial charge on any atom is 0.237 e. The molecule has 0 radical (unpaired) electrons. The van der Waals surface area contributed by atoms with Gasteiger partial charge in [-0.3, -0.25) is 4.79 Å². The van der Waals surface area contributed by atoms with Crippen molar-refractivity contribution in [2.24, 2.45) is 5.92 Å². The Kier molecular flexibility index (Phi) is 5.51. The molecule has 128 valence electrons. The van der Waals surface area contributed by atoms with Gasteiger partial charge in [0.25, 0.3) is 0 Å². The fourth-order valence-corrected chi connectivity index (χ4v) is 4.16. The summed E-state index contributed by atoms with van der Waals surface area (Å²) < 4.78 is 35.2. The zero-order valence-corrected chi connectivity index (χ0v) is 14.5. The third-order valence-electron chi connectivity index (χ3n) is 3.40. The third kappa shape index (κ3) is 5.13. The van der Waals surface area contributed by atoms with Gasteiger partial charge in [-0.25, -0.2) is 8.42 Å². The summed E-state index contributed by atoms with van der Waals surface area (Å²) >= 11 is 0. The van der Waals surface area contributed by atoms with Crippen molar-refractivity contribution in [2.45, 2.75) is 20.0 Å². The van der Waals surface area contributed by atoms with Gasteiger partial charge < -0.3 is 14.4 Å². The van der Waals surface area contributed by atoms with Gasteiger partial charge in [-0.1, -0.05) is 26.0 Å². The number of para-hydroxylation sites is 2. The lowest BCUT2D eigenvalue weighted by atomic mass is 10.2. The van der Waals surface area contributed by atoms with E-state index in [1.165, 1.54) is 4.90 Å². The van der Waals surface area contributed by atoms with Crippen LogP contribution in [0.3, 0.4) is 0 Å². The highest BCUT2D eigenvalue weighted by molar-refractivity contribution is 7.92. The number of hydrogen-bond donors (Lipinski definition) is 0. The van der Waals surface area contributed by atoms with Crippen LogP contribution in [0.5, 0.6) is 11.5 Å². The van der Waals surface area contributed by atoms with Gasteiger partial charge in [0.1, 0.15) is 12.4 Å². The second-order valence-electron chi connectivity index (χ2n) is 6.22. The number of hydrogen-bond acceptors (Lipinski definition) is 5. The molecule has 0 saturated carbocycles. The minimum atomic E-state index is -3.38. The van der Waals surface area contributed by atoms with Gasteiger partial charge in [-0.2, -0.15) is 0 Å². The Labute approximate surface area is 137 Å². The second-order valence-corrected chi connectivity index (χ2v) is 8.33. The number of rotatable bonds is 6. The van der Waals surface area contributed by atoms with Crippen molar-refractivity contribution in [1.29, 1.82) is 0 Å². The Morgan fingerprint density at radius 2 is 1.96 bits per heavy atom. The summed E-state index contributed by atoms with van der Waals surface area (Å²) in [5.41, 5.74) is 0. The number of sulfone groups is 1. The van der Waals surface area contributed by atoms with Crippen LogP contribution in [0.15, 0.2) is 24.3 Å². The molecule has 0 spiro atoms. The molecule has 1 aromatic rings. The molecule has 1 aliphatic rings. The molecule has 2 rings (SSSR count). The first-order valence-electron chi connectivity index (χ1n) is 7.59. The van der Waals surface area contributed by atoms with Crippen molar-refractivity contribution in [2.75, 3.05) is 31.7 Å². The topological polar surface area (TPSA) is 72.9 Å². The van der Waals surface area contributed by atoms with E-state index in [9.17, 15) is 13.2 Å². The average Bonchev–Trinajstić information content (AvgIpc) is 2.45. The van der Waals surface area contributed by atoms with Crippen LogP contribution in [-0.4, -0.2) is 57.0 Å². The normalized spacial score (nSPS) is 17.1. The van der Waals surface area contributed by atoms with E-state index in [0.29, 0.717) is 18.1 Å². The van der Waals surface area contributed by atoms with Crippen LogP contribution < -0.4 is 9.47 Å². The fraction of sp³-hybridized carbons (Fsp3) is 0.562. The number of nitrogens with zero attached hydrogens (tertiary/aromatic N) is 1. The summed E-state index contributed by atoms with van der Waals surface area (Å²) in [5, 5.41) is 0. The molecule has 1 atom stereocenters. The zero-order valence-electron chi connectivity index (χ0n) is 13.7. The van der Waals surface area contributed by atoms with Crippen molar-refractivity contribution in [3.63, 3.8) is 0 Å². The van der Waals surface area contributed by atoms with Crippen LogP contribution >= 0.6 is 0 Å². The predicted octanol–water partition coefficient (Wildman–Crippen LogP) is 1.36. The molecule has 0 saturated heterocycles. The summed E-state index contributed by atoms with van der Waals surface area (Å²) in [6.45, 7) is 4.24. The van der Waals surface area contributed by atoms with E-state index in [2.05, 4.69) is 0 Å². The van der Waals surface area contributed by atoms with Crippen LogP contribution in [0.1, 0.15) is 13.8 Å². The molecule has 1 amide bonds. The lowest BCUT2D eigenvalue weighted by molar-refractivity contribution is -0.128. The van der Waals surface area contributed by atoms with E-state index in [1.807, 2.05) is 32.0 Å². The van der Waals surface area contributed by atoms with Crippen molar-refractivity contribution >= 4 is 15.7 Å². The molecule has 0 bridgehead atoms. The molecule has 23 heavy (non-hydrogen) atoms. The van der Waals surface area contributed by atoms with E-state index >= 15 is 0 Å². The summed E-state index contributed by atoms with van der Waals surface area (Å²) in [6, 6.07) is 7.32. The molecule has 0 N–H and O–H groups in total. The SMILES string of the molecule is CC(C)CS(=O)(=O)CC(=O)N(C)CC1COc2ccccc2O1. The van der Waals surface area contributed by atoms with Gasteiger partial charge in [0.2, 0.25) is 5.91 Å². The van der Waals surface area contributed by atoms with Gasteiger partial charge in [0.05, 0.1) is 12.3 Å². The van der Waals surface area contributed by atoms with E-state index in [1.54, 1.807) is 13.1 Å². The first-order valence-corrected chi connectivity index (χ1v) is 9.42. The van der Waals surface area contributed by atoms with E-state index in [0.717, 1.165) is 0 Å². The van der Waals surface area contributed by atoms with E-state index in [-0.39, 0.29) is 24.3 Å². The molecular weight excluding hydrogens is 318 g/mol. The Bertz CT molecular complexity index is 656. The van der Waals surface area contributed by atoms with Crippen LogP contribution in [-0.2, 0) is 14.6 Å². The maximum atomic E-state index is 12.1. The van der Waals surface area contributed by atoms with Crippen LogP contribution in [0.2, 0.25) is 0 Å². The summed E-state index contributed by atoms with van der Waals surface area (Å²) in [7, 11) is -1.80. The van der Waals surface area contributed by atoms with E-state index < -0.39 is 21.5 Å². The lowest BCUT2D eigenvalue weighted by Gasteiger charge is -2.29. The average molecular weight is 341 g/mol. The highest BCUT2D eigenvalue weighted by Crippen LogP contribution is 2.30. The van der Waals surface area contributed by atoms with Gasteiger partial charge >= 0.3 is 0 Å². The highest BCUT2D eigenvalue weighted by atomic mass is 32.2. The minimum Gasteiger partial charge on any atom is -0.486 e. The number of likely N-dealkylation sites (N-methyl/N-ethyl adjacent to an activating group) is 1. The van der Waals surface area contributed by atoms with Crippen molar-refractivity contribution in [3.05, 3.63) is 24.3 Å². The van der Waals surface area contributed by atoms with Crippen molar-refractivity contribution < 1.29 is 22.7 Å². The zero-order chi connectivity index (χ0) is 17.0. The molecule has 1 aromatic carbocycles. The number of carbonyl (C=O) groups is 1. The number of benzene rings is 1. The lowest BCUT2D eigenvalue weighted by Crippen LogP contribution is -2.43. The number of carbonyl (C=O) groups excluding carboxylic acids is 1. The first-order chi connectivity index (χ1) is 10.8. The summed E-state index contributed by atoms with van der Waals surface area (Å²) in [5.74, 6) is 0.446. The number of fused-ring (bicyclic) bond motifs is 1. The minimum absolute atomic E-state index is 0.00434. The predicted molar refractivity (Wildman–Crippen MR) is 87.5 cm³/mol.